The van der Waals surface area contributed by atoms with Crippen LogP contribution in [0.2, 0.25) is 5.02 Å². The largest absolute Gasteiger partial charge is 0.506 e. The number of aliphatic hydroxyl groups excluding tert-OH is 1. The Labute approximate surface area is 234 Å². The molecule has 0 aromatic heterocycles. The number of nitrogens with zero attached hydrogens (tertiary/aromatic N) is 1. The fourth-order valence-corrected chi connectivity index (χ4v) is 4.39. The fraction of sp³-hybridized carbons (Fsp3) is 0.261. The molecule has 39 heavy (non-hydrogen) atoms. The lowest BCUT2D eigenvalue weighted by Gasteiger charge is -2.20. The maximum atomic E-state index is 12.8. The third-order valence-electron chi connectivity index (χ3n) is 5.34. The maximum absolute atomic E-state index is 12.8. The molecular weight excluding hydrogens is 604 g/mol. The molecule has 0 fully saturated rings. The number of phenolic OH excluding ortho intramolecular Hbond substituents is 1. The summed E-state index contributed by atoms with van der Waals surface area (Å²) in [5.74, 6) is -3.72. The molecule has 1 aliphatic rings. The standard InChI is InChI=1S/C23H24BrClN6O8/c24-16-5-12(25)4-15(20(16)36)17(6-19(34)35)30-18(33)9-26-21(37)10-1-11(22(38)31-39)3-13(2-10)29-23-27-7-14(32)8-28-23/h1-5,14,17,32,36,39H,6-9H2,(H,26,37)(H,30,33)(H,31,38)(H,34,35)(H2,27,28,29). The van der Waals surface area contributed by atoms with Gasteiger partial charge in [0.05, 0.1) is 36.1 Å². The lowest BCUT2D eigenvalue weighted by atomic mass is 10.0. The first-order valence-electron chi connectivity index (χ1n) is 11.3. The number of amides is 3. The molecule has 0 bridgehead atoms. The summed E-state index contributed by atoms with van der Waals surface area (Å²) in [5.41, 5.74) is 1.64. The molecule has 2 aromatic carbocycles. The van der Waals surface area contributed by atoms with Gasteiger partial charge in [0.2, 0.25) is 5.91 Å². The zero-order valence-electron chi connectivity index (χ0n) is 20.0. The third-order valence-corrected chi connectivity index (χ3v) is 6.17. The van der Waals surface area contributed by atoms with E-state index in [0.717, 1.165) is 0 Å². The number of hydroxylamine groups is 1. The van der Waals surface area contributed by atoms with Crippen molar-refractivity contribution in [2.75, 3.05) is 25.0 Å². The van der Waals surface area contributed by atoms with Crippen molar-refractivity contribution < 1.29 is 39.7 Å². The van der Waals surface area contributed by atoms with E-state index in [-0.39, 0.29) is 56.7 Å². The van der Waals surface area contributed by atoms with Crippen LogP contribution in [-0.4, -0.2) is 75.9 Å². The highest BCUT2D eigenvalue weighted by atomic mass is 79.9. The first-order chi connectivity index (χ1) is 18.5. The molecule has 9 N–H and O–H groups in total. The van der Waals surface area contributed by atoms with Crippen LogP contribution in [0.1, 0.15) is 38.7 Å². The van der Waals surface area contributed by atoms with E-state index in [1.54, 1.807) is 0 Å². The van der Waals surface area contributed by atoms with Crippen LogP contribution < -0.4 is 26.7 Å². The Balaban J connectivity index is 1.74. The van der Waals surface area contributed by atoms with E-state index in [0.29, 0.717) is 0 Å². The summed E-state index contributed by atoms with van der Waals surface area (Å²) in [6.07, 6.45) is -1.24. The van der Waals surface area contributed by atoms with Gasteiger partial charge >= 0.3 is 5.97 Å². The van der Waals surface area contributed by atoms with E-state index in [1.165, 1.54) is 35.8 Å². The van der Waals surface area contributed by atoms with Gasteiger partial charge in [0.15, 0.2) is 5.96 Å². The minimum atomic E-state index is -1.26. The molecule has 16 heteroatoms. The van der Waals surface area contributed by atoms with Crippen molar-refractivity contribution in [2.45, 2.75) is 18.6 Å². The average Bonchev–Trinajstić information content (AvgIpc) is 2.89. The van der Waals surface area contributed by atoms with Crippen molar-refractivity contribution in [1.82, 2.24) is 21.4 Å². The van der Waals surface area contributed by atoms with Gasteiger partial charge in [-0.15, -0.1) is 0 Å². The quantitative estimate of drug-likeness (QED) is 0.140. The molecule has 2 unspecified atom stereocenters. The average molecular weight is 628 g/mol. The Morgan fingerprint density at radius 2 is 1.82 bits per heavy atom. The molecule has 208 valence electrons. The number of anilines is 1. The Kier molecular flexibility index (Phi) is 10.1. The molecule has 0 radical (unpaired) electrons. The molecule has 0 aliphatic carbocycles. The summed E-state index contributed by atoms with van der Waals surface area (Å²) < 4.78 is 0.199. The fourth-order valence-electron chi connectivity index (χ4n) is 3.55. The maximum Gasteiger partial charge on any atom is 0.305 e. The number of hydrogen-bond donors (Lipinski definition) is 9. The summed E-state index contributed by atoms with van der Waals surface area (Å²) in [6.45, 7) is -0.206. The SMILES string of the molecule is O=C(O)CC(NC(=O)CNC(=O)c1cc(NC2=NCC(O)CN2)cc(C(=O)NO)c1)c1cc(Cl)cc(Br)c1O. The number of guanidine groups is 1. The van der Waals surface area contributed by atoms with E-state index in [9.17, 15) is 34.5 Å². The number of carboxylic acids is 1. The van der Waals surface area contributed by atoms with Gasteiger partial charge in [-0.05, 0) is 46.3 Å². The highest BCUT2D eigenvalue weighted by Crippen LogP contribution is 2.36. The van der Waals surface area contributed by atoms with Gasteiger partial charge in [-0.25, -0.2) is 5.48 Å². The van der Waals surface area contributed by atoms with E-state index in [4.69, 9.17) is 16.8 Å². The first kappa shape index (κ1) is 29.6. The predicted molar refractivity (Wildman–Crippen MR) is 142 cm³/mol. The molecule has 1 heterocycles. The van der Waals surface area contributed by atoms with Gasteiger partial charge in [0, 0.05) is 33.9 Å². The number of β-amino-alcohol motifs (C(OH)–C–C–N with tert-alkyl or cyclic N) is 1. The molecule has 0 saturated heterocycles. The number of carboxylic acid groups (broad SMARTS) is 1. The molecule has 14 nitrogen and oxygen atoms in total. The number of aliphatic carboxylic acids is 1. The minimum absolute atomic E-state index is 0.0543. The number of aromatic hydroxyl groups is 1. The number of phenols is 1. The van der Waals surface area contributed by atoms with Gasteiger partial charge in [0.1, 0.15) is 5.75 Å². The number of carbonyl (C=O) groups is 4. The molecule has 0 saturated carbocycles. The van der Waals surface area contributed by atoms with Crippen LogP contribution in [0.5, 0.6) is 5.75 Å². The molecule has 0 spiro atoms. The minimum Gasteiger partial charge on any atom is -0.506 e. The highest BCUT2D eigenvalue weighted by molar-refractivity contribution is 9.10. The molecule has 3 rings (SSSR count). The van der Waals surface area contributed by atoms with Gasteiger partial charge in [-0.3, -0.25) is 29.4 Å². The zero-order chi connectivity index (χ0) is 28.7. The summed E-state index contributed by atoms with van der Waals surface area (Å²) in [7, 11) is 0. The van der Waals surface area contributed by atoms with Crippen LogP contribution in [0.15, 0.2) is 39.8 Å². The van der Waals surface area contributed by atoms with Crippen LogP contribution in [0.25, 0.3) is 0 Å². The van der Waals surface area contributed by atoms with Gasteiger partial charge in [-0.2, -0.15) is 0 Å². The van der Waals surface area contributed by atoms with E-state index in [2.05, 4.69) is 42.2 Å². The van der Waals surface area contributed by atoms with E-state index >= 15 is 0 Å². The molecule has 1 aliphatic heterocycles. The van der Waals surface area contributed by atoms with Crippen LogP contribution in [-0.2, 0) is 9.59 Å². The number of hydrogen-bond acceptors (Lipinski definition) is 10. The number of carbonyl (C=O) groups excluding carboxylic acids is 3. The Bertz CT molecular complexity index is 1320. The molecule has 2 atom stereocenters. The second kappa shape index (κ2) is 13.2. The topological polar surface area (TPSA) is 222 Å². The second-order valence-corrected chi connectivity index (χ2v) is 9.61. The van der Waals surface area contributed by atoms with E-state index in [1.807, 2.05) is 0 Å². The third kappa shape index (κ3) is 8.28. The molecule has 3 amide bonds. The number of nitrogens with one attached hydrogen (secondary N) is 5. The van der Waals surface area contributed by atoms with Crippen LogP contribution in [0.3, 0.4) is 0 Å². The molecular formula is C23H24BrClN6O8. The van der Waals surface area contributed by atoms with Crippen LogP contribution in [0.4, 0.5) is 5.69 Å². The van der Waals surface area contributed by atoms with Gasteiger partial charge < -0.3 is 36.6 Å². The van der Waals surface area contributed by atoms with Crippen LogP contribution >= 0.6 is 27.5 Å². The predicted octanol–water partition coefficient (Wildman–Crippen LogP) is 0.721. The lowest BCUT2D eigenvalue weighted by Crippen LogP contribution is -2.42. The summed E-state index contributed by atoms with van der Waals surface area (Å²) in [4.78, 5) is 52.9. The Hall–Kier alpha value is -3.92. The second-order valence-electron chi connectivity index (χ2n) is 8.32. The van der Waals surface area contributed by atoms with Gasteiger partial charge in [-0.1, -0.05) is 11.6 Å². The van der Waals surface area contributed by atoms with E-state index < -0.39 is 48.8 Å². The Morgan fingerprint density at radius 3 is 2.44 bits per heavy atom. The number of aliphatic imine (C=N–C) groups is 1. The van der Waals surface area contributed by atoms with Gasteiger partial charge in [0.25, 0.3) is 11.8 Å². The van der Waals surface area contributed by atoms with Crippen LogP contribution in [0, 0.1) is 0 Å². The van der Waals surface area contributed by atoms with Crippen molar-refractivity contribution in [1.29, 1.82) is 0 Å². The normalized spacial score (nSPS) is 15.3. The number of aliphatic hydroxyl groups is 1. The van der Waals surface area contributed by atoms with Crippen molar-refractivity contribution in [2.24, 2.45) is 4.99 Å². The van der Waals surface area contributed by atoms with Crippen molar-refractivity contribution in [3.05, 3.63) is 56.5 Å². The highest BCUT2D eigenvalue weighted by Gasteiger charge is 2.24. The zero-order valence-corrected chi connectivity index (χ0v) is 22.3. The summed E-state index contributed by atoms with van der Waals surface area (Å²) in [5, 5.41) is 48.9. The van der Waals surface area contributed by atoms with Crippen molar-refractivity contribution in [3.63, 3.8) is 0 Å². The number of halogens is 2. The lowest BCUT2D eigenvalue weighted by molar-refractivity contribution is -0.137. The summed E-state index contributed by atoms with van der Waals surface area (Å²) >= 11 is 9.12. The summed E-state index contributed by atoms with van der Waals surface area (Å²) in [6, 6.07) is 5.43. The van der Waals surface area contributed by atoms with Crippen molar-refractivity contribution in [3.8, 4) is 5.75 Å². The Morgan fingerprint density at radius 1 is 1.13 bits per heavy atom. The monoisotopic (exact) mass is 626 g/mol. The van der Waals surface area contributed by atoms with Crippen molar-refractivity contribution >= 4 is 62.9 Å². The smallest absolute Gasteiger partial charge is 0.305 e. The molecule has 2 aromatic rings. The number of benzene rings is 2. The number of rotatable bonds is 9. The first-order valence-corrected chi connectivity index (χ1v) is 12.4.